The lowest BCUT2D eigenvalue weighted by atomic mass is 10.2. The maximum absolute atomic E-state index is 12.3. The molecule has 7 nitrogen and oxygen atoms in total. The summed E-state index contributed by atoms with van der Waals surface area (Å²) in [6, 6.07) is 14.4. The summed E-state index contributed by atoms with van der Waals surface area (Å²) in [5.41, 5.74) is 2.04. The van der Waals surface area contributed by atoms with Gasteiger partial charge in [0.05, 0.1) is 19.3 Å². The van der Waals surface area contributed by atoms with Gasteiger partial charge in [0.25, 0.3) is 5.91 Å². The predicted octanol–water partition coefficient (Wildman–Crippen LogP) is 3.82. The number of anilines is 2. The summed E-state index contributed by atoms with van der Waals surface area (Å²) < 4.78 is 11.2. The molecule has 1 heterocycles. The van der Waals surface area contributed by atoms with Crippen LogP contribution in [0.4, 0.5) is 11.4 Å². The van der Waals surface area contributed by atoms with E-state index in [1.807, 2.05) is 24.3 Å². The Balaban J connectivity index is 1.41. The molecule has 3 N–H and O–H groups in total. The Morgan fingerprint density at radius 3 is 2.71 bits per heavy atom. The first-order chi connectivity index (χ1) is 15.1. The van der Waals surface area contributed by atoms with Gasteiger partial charge in [0, 0.05) is 36.2 Å². The molecule has 0 saturated carbocycles. The zero-order chi connectivity index (χ0) is 21.9. The van der Waals surface area contributed by atoms with Gasteiger partial charge in [-0.15, -0.1) is 0 Å². The van der Waals surface area contributed by atoms with E-state index in [0.717, 1.165) is 43.7 Å². The van der Waals surface area contributed by atoms with Gasteiger partial charge in [0.2, 0.25) is 5.91 Å². The number of nitrogens with one attached hydrogen (secondary N) is 3. The molecule has 0 spiro atoms. The SMILES string of the molecule is CCCCOc1cccc(NC(=O)CNc2ccc(C(=O)NCC3CCCO3)cc2)c1. The van der Waals surface area contributed by atoms with E-state index in [9.17, 15) is 9.59 Å². The number of benzene rings is 2. The number of carbonyl (C=O) groups excluding carboxylic acids is 2. The van der Waals surface area contributed by atoms with E-state index >= 15 is 0 Å². The van der Waals surface area contributed by atoms with Crippen molar-refractivity contribution >= 4 is 23.2 Å². The summed E-state index contributed by atoms with van der Waals surface area (Å²) >= 11 is 0. The molecule has 0 aliphatic carbocycles. The molecule has 1 fully saturated rings. The standard InChI is InChI=1S/C24H31N3O4/c1-2-3-13-30-21-7-4-6-20(15-21)27-23(28)17-25-19-11-9-18(10-12-19)24(29)26-16-22-8-5-14-31-22/h4,6-7,9-12,15,22,25H,2-3,5,8,13-14,16-17H2,1H3,(H,26,29)(H,27,28). The molecule has 0 radical (unpaired) electrons. The number of hydrogen-bond donors (Lipinski definition) is 3. The Hall–Kier alpha value is -3.06. The van der Waals surface area contributed by atoms with E-state index in [2.05, 4.69) is 22.9 Å². The third kappa shape index (κ3) is 7.61. The van der Waals surface area contributed by atoms with E-state index in [0.29, 0.717) is 24.4 Å². The molecule has 1 aliphatic heterocycles. The van der Waals surface area contributed by atoms with Crippen LogP contribution in [0.2, 0.25) is 0 Å². The summed E-state index contributed by atoms with van der Waals surface area (Å²) in [4.78, 5) is 24.5. The molecule has 2 amide bonds. The number of unbranched alkanes of at least 4 members (excludes halogenated alkanes) is 1. The molecule has 1 unspecified atom stereocenters. The van der Waals surface area contributed by atoms with Gasteiger partial charge < -0.3 is 25.4 Å². The number of carbonyl (C=O) groups is 2. The highest BCUT2D eigenvalue weighted by atomic mass is 16.5. The van der Waals surface area contributed by atoms with Crippen molar-refractivity contribution < 1.29 is 19.1 Å². The van der Waals surface area contributed by atoms with Crippen molar-refractivity contribution in [3.8, 4) is 5.75 Å². The number of hydrogen-bond acceptors (Lipinski definition) is 5. The molecular formula is C24H31N3O4. The molecule has 3 rings (SSSR count). The fourth-order valence-corrected chi connectivity index (χ4v) is 3.24. The summed E-state index contributed by atoms with van der Waals surface area (Å²) in [5.74, 6) is 0.456. The van der Waals surface area contributed by atoms with Crippen LogP contribution in [-0.4, -0.2) is 44.2 Å². The molecular weight excluding hydrogens is 394 g/mol. The Bertz CT molecular complexity index is 848. The van der Waals surface area contributed by atoms with E-state index in [4.69, 9.17) is 9.47 Å². The molecule has 0 aromatic heterocycles. The molecule has 31 heavy (non-hydrogen) atoms. The lowest BCUT2D eigenvalue weighted by Crippen LogP contribution is -2.31. The van der Waals surface area contributed by atoms with Crippen LogP contribution in [0.1, 0.15) is 43.0 Å². The summed E-state index contributed by atoms with van der Waals surface area (Å²) in [6.07, 6.45) is 4.22. The molecule has 1 aliphatic rings. The molecule has 2 aromatic rings. The Kier molecular flexibility index (Phi) is 8.72. The highest BCUT2D eigenvalue weighted by Crippen LogP contribution is 2.18. The van der Waals surface area contributed by atoms with Crippen LogP contribution in [-0.2, 0) is 9.53 Å². The van der Waals surface area contributed by atoms with Gasteiger partial charge in [-0.05, 0) is 55.7 Å². The van der Waals surface area contributed by atoms with Gasteiger partial charge in [0.1, 0.15) is 5.75 Å². The van der Waals surface area contributed by atoms with Gasteiger partial charge in [-0.25, -0.2) is 0 Å². The topological polar surface area (TPSA) is 88.7 Å². The average Bonchev–Trinajstić information content (AvgIpc) is 3.31. The van der Waals surface area contributed by atoms with Crippen molar-refractivity contribution in [2.75, 3.05) is 36.9 Å². The first-order valence-electron chi connectivity index (χ1n) is 10.9. The van der Waals surface area contributed by atoms with Gasteiger partial charge in [-0.2, -0.15) is 0 Å². The first kappa shape index (κ1) is 22.6. The average molecular weight is 426 g/mol. The van der Waals surface area contributed by atoms with Crippen molar-refractivity contribution in [2.45, 2.75) is 38.7 Å². The molecule has 1 atom stereocenters. The van der Waals surface area contributed by atoms with Crippen molar-refractivity contribution in [2.24, 2.45) is 0 Å². The van der Waals surface area contributed by atoms with Crippen molar-refractivity contribution in [1.29, 1.82) is 0 Å². The maximum atomic E-state index is 12.3. The monoisotopic (exact) mass is 425 g/mol. The molecule has 2 aromatic carbocycles. The van der Waals surface area contributed by atoms with Crippen molar-refractivity contribution in [3.05, 3.63) is 54.1 Å². The Morgan fingerprint density at radius 2 is 1.97 bits per heavy atom. The summed E-state index contributed by atoms with van der Waals surface area (Å²) in [5, 5.41) is 8.83. The van der Waals surface area contributed by atoms with Crippen LogP contribution in [0.25, 0.3) is 0 Å². The lowest BCUT2D eigenvalue weighted by molar-refractivity contribution is -0.114. The lowest BCUT2D eigenvalue weighted by Gasteiger charge is -2.12. The van der Waals surface area contributed by atoms with Crippen LogP contribution in [0.5, 0.6) is 5.75 Å². The zero-order valence-electron chi connectivity index (χ0n) is 18.0. The Morgan fingerprint density at radius 1 is 1.13 bits per heavy atom. The highest BCUT2D eigenvalue weighted by Gasteiger charge is 2.16. The third-order valence-corrected chi connectivity index (χ3v) is 5.00. The zero-order valence-corrected chi connectivity index (χ0v) is 18.0. The molecule has 0 bridgehead atoms. The third-order valence-electron chi connectivity index (χ3n) is 5.00. The van der Waals surface area contributed by atoms with Gasteiger partial charge >= 0.3 is 0 Å². The number of ether oxygens (including phenoxy) is 2. The van der Waals surface area contributed by atoms with Crippen LogP contribution in [0.15, 0.2) is 48.5 Å². The maximum Gasteiger partial charge on any atom is 0.251 e. The molecule has 166 valence electrons. The number of amides is 2. The van der Waals surface area contributed by atoms with Crippen LogP contribution in [0, 0.1) is 0 Å². The van der Waals surface area contributed by atoms with Crippen molar-refractivity contribution in [3.63, 3.8) is 0 Å². The normalized spacial score (nSPS) is 15.3. The molecule has 1 saturated heterocycles. The van der Waals surface area contributed by atoms with Gasteiger partial charge in [-0.3, -0.25) is 9.59 Å². The fraction of sp³-hybridized carbons (Fsp3) is 0.417. The Labute approximate surface area is 183 Å². The predicted molar refractivity (Wildman–Crippen MR) is 122 cm³/mol. The largest absolute Gasteiger partial charge is 0.494 e. The summed E-state index contributed by atoms with van der Waals surface area (Å²) in [6.45, 7) is 4.20. The van der Waals surface area contributed by atoms with E-state index in [1.54, 1.807) is 24.3 Å². The van der Waals surface area contributed by atoms with Gasteiger partial charge in [0.15, 0.2) is 0 Å². The van der Waals surface area contributed by atoms with Gasteiger partial charge in [-0.1, -0.05) is 19.4 Å². The van der Waals surface area contributed by atoms with E-state index in [1.165, 1.54) is 0 Å². The van der Waals surface area contributed by atoms with Crippen LogP contribution < -0.4 is 20.7 Å². The molecule has 7 heteroatoms. The second kappa shape index (κ2) is 12.0. The van der Waals surface area contributed by atoms with Crippen molar-refractivity contribution in [1.82, 2.24) is 5.32 Å². The second-order valence-corrected chi connectivity index (χ2v) is 7.55. The minimum absolute atomic E-state index is 0.117. The fourth-order valence-electron chi connectivity index (χ4n) is 3.24. The minimum atomic E-state index is -0.163. The minimum Gasteiger partial charge on any atom is -0.494 e. The summed E-state index contributed by atoms with van der Waals surface area (Å²) in [7, 11) is 0. The second-order valence-electron chi connectivity index (χ2n) is 7.55. The van der Waals surface area contributed by atoms with Crippen LogP contribution >= 0.6 is 0 Å². The van der Waals surface area contributed by atoms with E-state index < -0.39 is 0 Å². The highest BCUT2D eigenvalue weighted by molar-refractivity contribution is 5.95. The van der Waals surface area contributed by atoms with E-state index in [-0.39, 0.29) is 24.5 Å². The first-order valence-corrected chi connectivity index (χ1v) is 10.9. The quantitative estimate of drug-likeness (QED) is 0.476. The van der Waals surface area contributed by atoms with Crippen LogP contribution in [0.3, 0.4) is 0 Å². The smallest absolute Gasteiger partial charge is 0.251 e. The number of rotatable bonds is 11.